The molecule has 3 heterocycles. The molecule has 2 saturated heterocycles. The summed E-state index contributed by atoms with van der Waals surface area (Å²) < 4.78 is 15.7. The molecule has 0 radical (unpaired) electrons. The molecule has 156 valence electrons. The molecule has 30 heavy (non-hydrogen) atoms. The lowest BCUT2D eigenvalue weighted by Gasteiger charge is -2.42. The summed E-state index contributed by atoms with van der Waals surface area (Å²) in [6.45, 7) is 2.00. The number of ether oxygens (including phenoxy) is 3. The fourth-order valence-electron chi connectivity index (χ4n) is 3.89. The van der Waals surface area contributed by atoms with E-state index < -0.39 is 5.60 Å². The molecule has 8 nitrogen and oxygen atoms in total. The molecule has 5 rings (SSSR count). The first-order chi connectivity index (χ1) is 14.5. The van der Waals surface area contributed by atoms with Crippen LogP contribution in [0.1, 0.15) is 10.4 Å². The van der Waals surface area contributed by atoms with Crippen LogP contribution < -0.4 is 9.47 Å². The van der Waals surface area contributed by atoms with Gasteiger partial charge in [0.25, 0.3) is 11.8 Å². The summed E-state index contributed by atoms with van der Waals surface area (Å²) in [6, 6.07) is 13.2. The average Bonchev–Trinajstić information content (AvgIpc) is 3.24. The summed E-state index contributed by atoms with van der Waals surface area (Å²) in [4.78, 5) is 28.6. The van der Waals surface area contributed by atoms with E-state index in [2.05, 4.69) is 0 Å². The smallest absolute Gasteiger partial charge is 0.259 e. The van der Waals surface area contributed by atoms with Crippen molar-refractivity contribution in [2.24, 2.45) is 0 Å². The van der Waals surface area contributed by atoms with Gasteiger partial charge >= 0.3 is 0 Å². The van der Waals surface area contributed by atoms with Crippen LogP contribution in [-0.4, -0.2) is 78.5 Å². The van der Waals surface area contributed by atoms with Gasteiger partial charge < -0.3 is 29.1 Å². The van der Waals surface area contributed by atoms with Crippen LogP contribution in [0.3, 0.4) is 0 Å². The van der Waals surface area contributed by atoms with Crippen molar-refractivity contribution in [1.82, 2.24) is 9.80 Å². The van der Waals surface area contributed by atoms with Crippen LogP contribution in [0, 0.1) is 0 Å². The highest BCUT2D eigenvalue weighted by Gasteiger charge is 2.46. The number of carbonyl (C=O) groups excluding carboxylic acids is 2. The van der Waals surface area contributed by atoms with E-state index in [9.17, 15) is 14.7 Å². The fraction of sp³-hybridized carbons (Fsp3) is 0.364. The number of carbonyl (C=O) groups is 2. The van der Waals surface area contributed by atoms with Crippen molar-refractivity contribution >= 4 is 11.8 Å². The van der Waals surface area contributed by atoms with Gasteiger partial charge in [-0.1, -0.05) is 18.2 Å². The first-order valence-corrected chi connectivity index (χ1v) is 9.92. The molecule has 0 spiro atoms. The predicted molar refractivity (Wildman–Crippen MR) is 106 cm³/mol. The lowest BCUT2D eigenvalue weighted by atomic mass is 10.00. The summed E-state index contributed by atoms with van der Waals surface area (Å²) in [7, 11) is 0. The Labute approximate surface area is 173 Å². The Balaban J connectivity index is 1.22. The predicted octanol–water partition coefficient (Wildman–Crippen LogP) is 1.13. The molecule has 8 heteroatoms. The minimum atomic E-state index is -1.39. The Bertz CT molecular complexity index is 978. The van der Waals surface area contributed by atoms with Gasteiger partial charge in [0.15, 0.2) is 17.1 Å². The summed E-state index contributed by atoms with van der Waals surface area (Å²) in [6.07, 6.45) is 0. The molecular formula is C22H22N2O6. The van der Waals surface area contributed by atoms with Gasteiger partial charge in [-0.3, -0.25) is 9.59 Å². The van der Waals surface area contributed by atoms with Crippen LogP contribution in [-0.2, 0) is 9.53 Å². The van der Waals surface area contributed by atoms with Gasteiger partial charge in [0.05, 0.1) is 13.2 Å². The standard InChI is InChI=1S/C22H22N2O6/c25-20(23-7-9-24(10-8-23)21(26)22(27)12-28-13-22)16-3-1-15(2-4-16)17-5-6-18-19(11-17)30-14-29-18/h1-6,11,27H,7-10,12-14H2. The molecule has 0 aliphatic carbocycles. The first-order valence-electron chi connectivity index (χ1n) is 9.92. The van der Waals surface area contributed by atoms with Crippen LogP contribution in [0.15, 0.2) is 42.5 Å². The van der Waals surface area contributed by atoms with Crippen molar-refractivity contribution in [1.29, 1.82) is 0 Å². The molecule has 0 unspecified atom stereocenters. The molecule has 1 N–H and O–H groups in total. The second kappa shape index (κ2) is 7.30. The van der Waals surface area contributed by atoms with Crippen LogP contribution in [0.25, 0.3) is 11.1 Å². The van der Waals surface area contributed by atoms with Crippen molar-refractivity contribution < 1.29 is 28.9 Å². The summed E-state index contributed by atoms with van der Waals surface area (Å²) in [5.41, 5.74) is 1.18. The molecule has 2 aromatic rings. The van der Waals surface area contributed by atoms with Crippen molar-refractivity contribution in [3.8, 4) is 22.6 Å². The summed E-state index contributed by atoms with van der Waals surface area (Å²) in [5.74, 6) is 1.08. The van der Waals surface area contributed by atoms with Crippen molar-refractivity contribution in [2.45, 2.75) is 5.60 Å². The topological polar surface area (TPSA) is 88.5 Å². The van der Waals surface area contributed by atoms with E-state index >= 15 is 0 Å². The highest BCUT2D eigenvalue weighted by atomic mass is 16.7. The maximum atomic E-state index is 12.9. The van der Waals surface area contributed by atoms with Gasteiger partial charge in [-0.25, -0.2) is 0 Å². The van der Waals surface area contributed by atoms with E-state index in [-0.39, 0.29) is 31.8 Å². The van der Waals surface area contributed by atoms with Gasteiger partial charge in [-0.2, -0.15) is 0 Å². The number of rotatable bonds is 3. The highest BCUT2D eigenvalue weighted by Crippen LogP contribution is 2.36. The molecule has 2 amide bonds. The zero-order chi connectivity index (χ0) is 20.7. The number of benzene rings is 2. The van der Waals surface area contributed by atoms with E-state index in [1.807, 2.05) is 42.5 Å². The quantitative estimate of drug-likeness (QED) is 0.816. The number of fused-ring (bicyclic) bond motifs is 1. The zero-order valence-corrected chi connectivity index (χ0v) is 16.4. The molecule has 3 aliphatic heterocycles. The van der Waals surface area contributed by atoms with Crippen molar-refractivity contribution in [3.63, 3.8) is 0 Å². The number of nitrogens with zero attached hydrogens (tertiary/aromatic N) is 2. The molecule has 0 aromatic heterocycles. The van der Waals surface area contributed by atoms with Crippen LogP contribution in [0.2, 0.25) is 0 Å². The van der Waals surface area contributed by atoms with Gasteiger partial charge in [-0.05, 0) is 35.4 Å². The Hall–Kier alpha value is -3.10. The lowest BCUT2D eigenvalue weighted by molar-refractivity contribution is -0.201. The number of amides is 2. The van der Waals surface area contributed by atoms with E-state index in [1.165, 1.54) is 0 Å². The van der Waals surface area contributed by atoms with E-state index in [0.717, 1.165) is 22.6 Å². The van der Waals surface area contributed by atoms with Crippen LogP contribution in [0.5, 0.6) is 11.5 Å². The summed E-state index contributed by atoms with van der Waals surface area (Å²) in [5, 5.41) is 10.1. The fourth-order valence-corrected chi connectivity index (χ4v) is 3.89. The number of aliphatic hydroxyl groups is 1. The second-order valence-electron chi connectivity index (χ2n) is 7.75. The van der Waals surface area contributed by atoms with Gasteiger partial charge in [0, 0.05) is 31.7 Å². The average molecular weight is 410 g/mol. The third-order valence-electron chi connectivity index (χ3n) is 5.77. The van der Waals surface area contributed by atoms with Crippen molar-refractivity contribution in [2.75, 3.05) is 46.2 Å². The van der Waals surface area contributed by atoms with E-state index in [0.29, 0.717) is 31.7 Å². The molecule has 0 saturated carbocycles. The molecule has 2 fully saturated rings. The maximum absolute atomic E-state index is 12.9. The normalized spacial score (nSPS) is 19.4. The zero-order valence-electron chi connectivity index (χ0n) is 16.4. The molecule has 0 bridgehead atoms. The Morgan fingerprint density at radius 2 is 1.47 bits per heavy atom. The monoisotopic (exact) mass is 410 g/mol. The number of hydrogen-bond donors (Lipinski definition) is 1. The Morgan fingerprint density at radius 3 is 2.13 bits per heavy atom. The Kier molecular flexibility index (Phi) is 4.60. The molecule has 0 atom stereocenters. The largest absolute Gasteiger partial charge is 0.454 e. The minimum Gasteiger partial charge on any atom is -0.454 e. The van der Waals surface area contributed by atoms with Crippen LogP contribution >= 0.6 is 0 Å². The van der Waals surface area contributed by atoms with E-state index in [1.54, 1.807) is 9.80 Å². The maximum Gasteiger partial charge on any atom is 0.259 e. The molecule has 2 aromatic carbocycles. The van der Waals surface area contributed by atoms with Gasteiger partial charge in [0.1, 0.15) is 0 Å². The minimum absolute atomic E-state index is 0.0424. The number of hydrogen-bond acceptors (Lipinski definition) is 6. The Morgan fingerprint density at radius 1 is 0.833 bits per heavy atom. The van der Waals surface area contributed by atoms with Gasteiger partial charge in [-0.15, -0.1) is 0 Å². The van der Waals surface area contributed by atoms with Crippen LogP contribution in [0.4, 0.5) is 0 Å². The lowest BCUT2D eigenvalue weighted by Crippen LogP contribution is -2.64. The first kappa shape index (κ1) is 18.9. The number of piperazine rings is 1. The van der Waals surface area contributed by atoms with Crippen molar-refractivity contribution in [3.05, 3.63) is 48.0 Å². The molecule has 3 aliphatic rings. The third kappa shape index (κ3) is 3.28. The highest BCUT2D eigenvalue weighted by molar-refractivity contribution is 5.95. The summed E-state index contributed by atoms with van der Waals surface area (Å²) >= 11 is 0. The van der Waals surface area contributed by atoms with Gasteiger partial charge in [0.2, 0.25) is 6.79 Å². The third-order valence-corrected chi connectivity index (χ3v) is 5.77. The van der Waals surface area contributed by atoms with E-state index in [4.69, 9.17) is 14.2 Å². The molecular weight excluding hydrogens is 388 g/mol. The SMILES string of the molecule is O=C(c1ccc(-c2ccc3c(c2)OCO3)cc1)N1CCN(C(=O)C2(O)COC2)CC1. The second-order valence-corrected chi connectivity index (χ2v) is 7.75.